The molecule has 0 saturated heterocycles. The average Bonchev–Trinajstić information content (AvgIpc) is 2.60. The number of aliphatic carboxylic acids is 1. The van der Waals surface area contributed by atoms with E-state index in [-0.39, 0.29) is 30.5 Å². The maximum absolute atomic E-state index is 12.9. The van der Waals surface area contributed by atoms with E-state index in [2.05, 4.69) is 5.32 Å². The molecule has 1 amide bonds. The summed E-state index contributed by atoms with van der Waals surface area (Å²) in [6, 6.07) is 14.6. The fraction of sp³-hybridized carbons (Fsp3) is 0.263. The van der Waals surface area contributed by atoms with Gasteiger partial charge in [0.1, 0.15) is 11.6 Å². The van der Waals surface area contributed by atoms with E-state index in [1.54, 1.807) is 0 Å². The summed E-state index contributed by atoms with van der Waals surface area (Å²) in [4.78, 5) is 23.3. The Bertz CT molecular complexity index is 703. The van der Waals surface area contributed by atoms with Crippen LogP contribution in [-0.2, 0) is 9.59 Å². The fourth-order valence-electron chi connectivity index (χ4n) is 2.31. The van der Waals surface area contributed by atoms with Crippen LogP contribution in [0.4, 0.5) is 4.39 Å². The van der Waals surface area contributed by atoms with Crippen molar-refractivity contribution >= 4 is 11.9 Å². The fourth-order valence-corrected chi connectivity index (χ4v) is 2.31. The smallest absolute Gasteiger partial charge is 0.346 e. The quantitative estimate of drug-likeness (QED) is 0.771. The molecule has 5 nitrogen and oxygen atoms in total. The SMILES string of the molecule is CC(CC(=O)NCC(Oc1ccc(F)cc1)C(=O)O)c1ccccc1. The molecule has 0 aliphatic carbocycles. The molecule has 0 aromatic heterocycles. The number of halogens is 1. The Morgan fingerprint density at radius 1 is 1.12 bits per heavy atom. The van der Waals surface area contributed by atoms with E-state index < -0.39 is 17.9 Å². The third-order valence-corrected chi connectivity index (χ3v) is 3.71. The summed E-state index contributed by atoms with van der Waals surface area (Å²) in [6.45, 7) is 1.76. The minimum Gasteiger partial charge on any atom is -0.478 e. The van der Waals surface area contributed by atoms with Crippen LogP contribution < -0.4 is 10.1 Å². The number of amides is 1. The standard InChI is InChI=1S/C19H20FNO4/c1-13(14-5-3-2-4-6-14)11-18(22)21-12-17(19(23)24)25-16-9-7-15(20)8-10-16/h2-10,13,17H,11-12H2,1H3,(H,21,22)(H,23,24). The highest BCUT2D eigenvalue weighted by Crippen LogP contribution is 2.18. The molecule has 0 aliphatic rings. The van der Waals surface area contributed by atoms with Crippen molar-refractivity contribution in [2.75, 3.05) is 6.54 Å². The topological polar surface area (TPSA) is 75.6 Å². The third-order valence-electron chi connectivity index (χ3n) is 3.71. The van der Waals surface area contributed by atoms with Crippen molar-refractivity contribution in [3.05, 3.63) is 66.0 Å². The lowest BCUT2D eigenvalue weighted by Crippen LogP contribution is -2.40. The van der Waals surface area contributed by atoms with E-state index in [9.17, 15) is 19.1 Å². The minimum atomic E-state index is -1.25. The molecule has 0 aliphatic heterocycles. The van der Waals surface area contributed by atoms with Crippen molar-refractivity contribution < 1.29 is 23.8 Å². The van der Waals surface area contributed by atoms with Gasteiger partial charge in [-0.3, -0.25) is 4.79 Å². The molecule has 2 aromatic carbocycles. The van der Waals surface area contributed by atoms with E-state index in [1.807, 2.05) is 37.3 Å². The lowest BCUT2D eigenvalue weighted by atomic mass is 9.97. The van der Waals surface area contributed by atoms with E-state index >= 15 is 0 Å². The van der Waals surface area contributed by atoms with Crippen LogP contribution in [0.1, 0.15) is 24.8 Å². The predicted molar refractivity (Wildman–Crippen MR) is 90.9 cm³/mol. The van der Waals surface area contributed by atoms with Gasteiger partial charge in [-0.15, -0.1) is 0 Å². The lowest BCUT2D eigenvalue weighted by Gasteiger charge is -2.17. The molecule has 0 heterocycles. The second-order valence-corrected chi connectivity index (χ2v) is 5.72. The Kier molecular flexibility index (Phi) is 6.51. The first-order valence-electron chi connectivity index (χ1n) is 7.92. The normalized spacial score (nSPS) is 12.9. The molecule has 2 rings (SSSR count). The van der Waals surface area contributed by atoms with E-state index in [4.69, 9.17) is 4.74 Å². The Morgan fingerprint density at radius 2 is 1.76 bits per heavy atom. The van der Waals surface area contributed by atoms with Crippen LogP contribution in [0, 0.1) is 5.82 Å². The predicted octanol–water partition coefficient (Wildman–Crippen LogP) is 2.97. The van der Waals surface area contributed by atoms with Gasteiger partial charge >= 0.3 is 5.97 Å². The number of benzene rings is 2. The molecular weight excluding hydrogens is 325 g/mol. The van der Waals surface area contributed by atoms with E-state index in [0.717, 1.165) is 5.56 Å². The summed E-state index contributed by atoms with van der Waals surface area (Å²) >= 11 is 0. The largest absolute Gasteiger partial charge is 0.478 e. The number of carboxylic acids is 1. The van der Waals surface area contributed by atoms with Crippen LogP contribution in [-0.4, -0.2) is 29.6 Å². The maximum Gasteiger partial charge on any atom is 0.346 e. The molecule has 0 bridgehead atoms. The number of carbonyl (C=O) groups excluding carboxylic acids is 1. The lowest BCUT2D eigenvalue weighted by molar-refractivity contribution is -0.145. The van der Waals surface area contributed by atoms with Crippen LogP contribution in [0.25, 0.3) is 0 Å². The third kappa shape index (κ3) is 5.91. The number of carboxylic acid groups (broad SMARTS) is 1. The van der Waals surface area contributed by atoms with Gasteiger partial charge in [0.05, 0.1) is 6.54 Å². The van der Waals surface area contributed by atoms with Gasteiger partial charge in [-0.05, 0) is 35.7 Å². The van der Waals surface area contributed by atoms with E-state index in [1.165, 1.54) is 24.3 Å². The summed E-state index contributed by atoms with van der Waals surface area (Å²) in [6.07, 6.45) is -1.01. The van der Waals surface area contributed by atoms with Gasteiger partial charge in [0.2, 0.25) is 12.0 Å². The van der Waals surface area contributed by atoms with Crippen LogP contribution in [0.2, 0.25) is 0 Å². The highest BCUT2D eigenvalue weighted by molar-refractivity contribution is 5.78. The Balaban J connectivity index is 1.86. The van der Waals surface area contributed by atoms with E-state index in [0.29, 0.717) is 0 Å². The molecule has 0 radical (unpaired) electrons. The molecule has 2 unspecified atom stereocenters. The van der Waals surface area contributed by atoms with Gasteiger partial charge in [-0.1, -0.05) is 37.3 Å². The Labute approximate surface area is 145 Å². The van der Waals surface area contributed by atoms with Gasteiger partial charge in [0, 0.05) is 6.42 Å². The molecule has 2 N–H and O–H groups in total. The van der Waals surface area contributed by atoms with Gasteiger partial charge in [0.15, 0.2) is 0 Å². The molecule has 132 valence electrons. The maximum atomic E-state index is 12.9. The van der Waals surface area contributed by atoms with Gasteiger partial charge < -0.3 is 15.2 Å². The summed E-state index contributed by atoms with van der Waals surface area (Å²) in [7, 11) is 0. The second-order valence-electron chi connectivity index (χ2n) is 5.72. The highest BCUT2D eigenvalue weighted by atomic mass is 19.1. The van der Waals surface area contributed by atoms with Crippen LogP contribution in [0.3, 0.4) is 0 Å². The molecule has 25 heavy (non-hydrogen) atoms. The van der Waals surface area contributed by atoms with Crippen molar-refractivity contribution in [2.45, 2.75) is 25.4 Å². The van der Waals surface area contributed by atoms with Crippen LogP contribution >= 0.6 is 0 Å². The van der Waals surface area contributed by atoms with Gasteiger partial charge in [-0.2, -0.15) is 0 Å². The zero-order chi connectivity index (χ0) is 18.2. The number of hydrogen-bond donors (Lipinski definition) is 2. The number of nitrogens with one attached hydrogen (secondary N) is 1. The van der Waals surface area contributed by atoms with Crippen molar-refractivity contribution in [3.63, 3.8) is 0 Å². The molecular formula is C19H20FNO4. The number of rotatable bonds is 8. The number of hydrogen-bond acceptors (Lipinski definition) is 3. The molecule has 2 aromatic rings. The molecule has 6 heteroatoms. The first-order valence-corrected chi connectivity index (χ1v) is 7.92. The molecule has 0 spiro atoms. The van der Waals surface area contributed by atoms with Crippen molar-refractivity contribution in [1.82, 2.24) is 5.32 Å². The first-order chi connectivity index (χ1) is 12.0. The molecule has 0 saturated carbocycles. The van der Waals surface area contributed by atoms with Gasteiger partial charge in [0.25, 0.3) is 0 Å². The Hall–Kier alpha value is -2.89. The van der Waals surface area contributed by atoms with Gasteiger partial charge in [-0.25, -0.2) is 9.18 Å². The highest BCUT2D eigenvalue weighted by Gasteiger charge is 2.21. The van der Waals surface area contributed by atoms with Crippen LogP contribution in [0.5, 0.6) is 5.75 Å². The van der Waals surface area contributed by atoms with Crippen molar-refractivity contribution in [3.8, 4) is 5.75 Å². The number of ether oxygens (including phenoxy) is 1. The average molecular weight is 345 g/mol. The first kappa shape index (κ1) is 18.4. The van der Waals surface area contributed by atoms with Crippen LogP contribution in [0.15, 0.2) is 54.6 Å². The minimum absolute atomic E-state index is 0.0162. The Morgan fingerprint density at radius 3 is 2.36 bits per heavy atom. The van der Waals surface area contributed by atoms with Crippen molar-refractivity contribution in [2.24, 2.45) is 0 Å². The summed E-state index contributed by atoms with van der Waals surface area (Å²) in [5.41, 5.74) is 1.04. The summed E-state index contributed by atoms with van der Waals surface area (Å²) < 4.78 is 18.2. The summed E-state index contributed by atoms with van der Waals surface area (Å²) in [5, 5.41) is 11.8. The molecule has 0 fully saturated rings. The second kappa shape index (κ2) is 8.82. The monoisotopic (exact) mass is 345 g/mol. The van der Waals surface area contributed by atoms with Crippen molar-refractivity contribution in [1.29, 1.82) is 0 Å². The zero-order valence-corrected chi connectivity index (χ0v) is 13.8. The molecule has 2 atom stereocenters. The summed E-state index contributed by atoms with van der Waals surface area (Å²) in [5.74, 6) is -1.67. The number of carbonyl (C=O) groups is 2. The zero-order valence-electron chi connectivity index (χ0n) is 13.8.